The van der Waals surface area contributed by atoms with Crippen LogP contribution in [0.25, 0.3) is 0 Å². The van der Waals surface area contributed by atoms with E-state index in [4.69, 9.17) is 0 Å². The molecule has 1 N–H and O–H groups in total. The second-order valence-electron chi connectivity index (χ2n) is 11.6. The van der Waals surface area contributed by atoms with E-state index in [-0.39, 0.29) is 11.9 Å². The number of carbonyl (C=O) groups is 1. The van der Waals surface area contributed by atoms with E-state index in [1.165, 1.54) is 35.3 Å². The summed E-state index contributed by atoms with van der Waals surface area (Å²) in [6.45, 7) is 6.01. The molecule has 1 aromatic carbocycles. The average molecular weight is 555 g/mol. The minimum absolute atomic E-state index is 0.0160. The number of nitrogens with one attached hydrogen (secondary N) is 1. The van der Waals surface area contributed by atoms with Gasteiger partial charge in [-0.1, -0.05) is 30.3 Å². The third-order valence-electron chi connectivity index (χ3n) is 9.16. The molecule has 0 radical (unpaired) electrons. The second-order valence-corrected chi connectivity index (χ2v) is 13.6. The lowest BCUT2D eigenvalue weighted by Gasteiger charge is -2.43. The minimum atomic E-state index is -3.16. The molecule has 10 heteroatoms. The predicted molar refractivity (Wildman–Crippen MR) is 153 cm³/mol. The van der Waals surface area contributed by atoms with Gasteiger partial charge in [-0.2, -0.15) is 0 Å². The number of benzene rings is 1. The van der Waals surface area contributed by atoms with Crippen molar-refractivity contribution in [3.05, 3.63) is 53.5 Å². The fraction of sp³-hybridized carbons (Fsp3) is 0.621. The molecule has 3 fully saturated rings. The summed E-state index contributed by atoms with van der Waals surface area (Å²) in [5, 5.41) is 3.49. The fourth-order valence-corrected chi connectivity index (χ4v) is 7.21. The lowest BCUT2D eigenvalue weighted by molar-refractivity contribution is 0.0542. The van der Waals surface area contributed by atoms with Gasteiger partial charge in [-0.15, -0.1) is 0 Å². The van der Waals surface area contributed by atoms with Crippen LogP contribution in [-0.2, 0) is 10.0 Å². The first-order valence-corrected chi connectivity index (χ1v) is 16.1. The van der Waals surface area contributed by atoms with Crippen molar-refractivity contribution < 1.29 is 13.2 Å². The summed E-state index contributed by atoms with van der Waals surface area (Å²) in [6, 6.07) is 11.2. The first-order chi connectivity index (χ1) is 18.7. The van der Waals surface area contributed by atoms with Crippen LogP contribution < -0.4 is 5.32 Å². The van der Waals surface area contributed by atoms with E-state index < -0.39 is 10.0 Å². The standard InChI is InChI=1S/C29H42N6O3S/c1-21-27(31-20-32-28(21)30-19-22-17-24(18-22)23-7-5-4-6-8-23)29(36)35-15-11-26(12-16-35)34-13-9-25(10-14-34)33(2)39(3,37)38/h4-8,20,22,24-26H,9-19H2,1-3H3,(H,30,31,32)/t22-,24-. The van der Waals surface area contributed by atoms with Crippen LogP contribution >= 0.6 is 0 Å². The van der Waals surface area contributed by atoms with Gasteiger partial charge in [0.15, 0.2) is 0 Å². The predicted octanol–water partition coefficient (Wildman–Crippen LogP) is 3.35. The van der Waals surface area contributed by atoms with E-state index in [2.05, 4.69) is 50.5 Å². The number of carbonyl (C=O) groups excluding carboxylic acids is 1. The third kappa shape index (κ3) is 6.44. The summed E-state index contributed by atoms with van der Waals surface area (Å²) in [5.41, 5.74) is 2.74. The number of sulfonamides is 1. The maximum absolute atomic E-state index is 13.4. The van der Waals surface area contributed by atoms with Gasteiger partial charge in [0.25, 0.3) is 5.91 Å². The first kappa shape index (κ1) is 28.0. The average Bonchev–Trinajstić information content (AvgIpc) is 2.92. The molecule has 0 unspecified atom stereocenters. The van der Waals surface area contributed by atoms with Crippen LogP contribution in [0.1, 0.15) is 66.1 Å². The number of hydrogen-bond acceptors (Lipinski definition) is 7. The molecule has 1 saturated carbocycles. The highest BCUT2D eigenvalue weighted by atomic mass is 32.2. The van der Waals surface area contributed by atoms with E-state index in [0.717, 1.165) is 56.7 Å². The normalized spacial score (nSPS) is 23.5. The maximum atomic E-state index is 13.4. The summed E-state index contributed by atoms with van der Waals surface area (Å²) < 4.78 is 25.3. The lowest BCUT2D eigenvalue weighted by atomic mass is 9.71. The van der Waals surface area contributed by atoms with Gasteiger partial charge in [-0.25, -0.2) is 22.7 Å². The summed E-state index contributed by atoms with van der Waals surface area (Å²) in [6.07, 6.45) is 8.69. The molecule has 3 heterocycles. The summed E-state index contributed by atoms with van der Waals surface area (Å²) in [4.78, 5) is 26.6. The smallest absolute Gasteiger partial charge is 0.272 e. The molecule has 1 amide bonds. The Bertz CT molecular complexity index is 1230. The van der Waals surface area contributed by atoms with E-state index in [1.807, 2.05) is 11.8 Å². The number of hydrogen-bond donors (Lipinski definition) is 1. The molecule has 0 atom stereocenters. The molecule has 0 spiro atoms. The molecule has 1 aromatic heterocycles. The molecular weight excluding hydrogens is 512 g/mol. The van der Waals surface area contributed by atoms with Crippen LogP contribution in [0.5, 0.6) is 0 Å². The first-order valence-electron chi connectivity index (χ1n) is 14.3. The third-order valence-corrected chi connectivity index (χ3v) is 10.5. The molecule has 9 nitrogen and oxygen atoms in total. The van der Waals surface area contributed by atoms with Crippen molar-refractivity contribution in [2.24, 2.45) is 5.92 Å². The Morgan fingerprint density at radius 2 is 1.69 bits per heavy atom. The van der Waals surface area contributed by atoms with Crippen LogP contribution in [0.2, 0.25) is 0 Å². The largest absolute Gasteiger partial charge is 0.369 e. The monoisotopic (exact) mass is 554 g/mol. The van der Waals surface area contributed by atoms with Gasteiger partial charge in [0, 0.05) is 44.3 Å². The van der Waals surface area contributed by atoms with Crippen molar-refractivity contribution in [1.29, 1.82) is 0 Å². The zero-order chi connectivity index (χ0) is 27.6. The highest BCUT2D eigenvalue weighted by molar-refractivity contribution is 7.88. The number of amides is 1. The van der Waals surface area contributed by atoms with Gasteiger partial charge < -0.3 is 15.1 Å². The molecule has 2 aliphatic heterocycles. The quantitative estimate of drug-likeness (QED) is 0.534. The van der Waals surface area contributed by atoms with E-state index in [9.17, 15) is 13.2 Å². The number of aromatic nitrogens is 2. The van der Waals surface area contributed by atoms with Crippen molar-refractivity contribution >= 4 is 21.7 Å². The Hall–Kier alpha value is -2.56. The Morgan fingerprint density at radius 1 is 1.03 bits per heavy atom. The lowest BCUT2D eigenvalue weighted by Crippen LogP contribution is -2.52. The van der Waals surface area contributed by atoms with Crippen molar-refractivity contribution in [3.63, 3.8) is 0 Å². The molecule has 2 saturated heterocycles. The molecule has 1 aliphatic carbocycles. The molecule has 2 aromatic rings. The minimum Gasteiger partial charge on any atom is -0.369 e. The van der Waals surface area contributed by atoms with Crippen LogP contribution in [0, 0.1) is 12.8 Å². The van der Waals surface area contributed by atoms with E-state index >= 15 is 0 Å². The van der Waals surface area contributed by atoms with Gasteiger partial charge in [-0.3, -0.25) is 4.79 Å². The Labute approximate surface area is 233 Å². The number of rotatable bonds is 8. The van der Waals surface area contributed by atoms with Crippen molar-refractivity contribution in [2.75, 3.05) is 51.3 Å². The van der Waals surface area contributed by atoms with E-state index in [1.54, 1.807) is 7.05 Å². The van der Waals surface area contributed by atoms with Gasteiger partial charge in [0.05, 0.1) is 6.26 Å². The highest BCUT2D eigenvalue weighted by Crippen LogP contribution is 2.41. The van der Waals surface area contributed by atoms with Crippen LogP contribution in [0.15, 0.2) is 36.7 Å². The number of anilines is 1. The topological polar surface area (TPSA) is 98.7 Å². The second kappa shape index (κ2) is 11.9. The zero-order valence-electron chi connectivity index (χ0n) is 23.4. The fourth-order valence-electron chi connectivity index (χ4n) is 6.45. The van der Waals surface area contributed by atoms with Gasteiger partial charge in [-0.05, 0) is 75.9 Å². The summed E-state index contributed by atoms with van der Waals surface area (Å²) >= 11 is 0. The number of likely N-dealkylation sites (tertiary alicyclic amines) is 2. The molecule has 212 valence electrons. The molecule has 3 aliphatic rings. The zero-order valence-corrected chi connectivity index (χ0v) is 24.2. The van der Waals surface area contributed by atoms with Crippen molar-refractivity contribution in [1.82, 2.24) is 24.1 Å². The van der Waals surface area contributed by atoms with Crippen LogP contribution in [0.3, 0.4) is 0 Å². The molecular formula is C29H42N6O3S. The summed E-state index contributed by atoms with van der Waals surface area (Å²) in [7, 11) is -1.47. The molecule has 39 heavy (non-hydrogen) atoms. The number of nitrogens with zero attached hydrogens (tertiary/aromatic N) is 5. The summed E-state index contributed by atoms with van der Waals surface area (Å²) in [5.74, 6) is 2.00. The highest BCUT2D eigenvalue weighted by Gasteiger charge is 2.34. The maximum Gasteiger partial charge on any atom is 0.272 e. The van der Waals surface area contributed by atoms with Crippen molar-refractivity contribution in [2.45, 2.75) is 63.5 Å². The Balaban J connectivity index is 1.09. The van der Waals surface area contributed by atoms with Gasteiger partial charge in [0.1, 0.15) is 17.8 Å². The van der Waals surface area contributed by atoms with Gasteiger partial charge in [0.2, 0.25) is 10.0 Å². The number of piperidine rings is 2. The van der Waals surface area contributed by atoms with Gasteiger partial charge >= 0.3 is 0 Å². The molecule has 0 bridgehead atoms. The SMILES string of the molecule is Cc1c(NC[C@H]2C[C@H](c3ccccc3)C2)ncnc1C(=O)N1CCC(N2CCC(N(C)S(C)(=O)=O)CC2)CC1. The Morgan fingerprint density at radius 3 is 2.33 bits per heavy atom. The van der Waals surface area contributed by atoms with E-state index in [0.29, 0.717) is 36.7 Å². The van der Waals surface area contributed by atoms with Crippen LogP contribution in [-0.4, -0.2) is 96.5 Å². The molecule has 5 rings (SSSR count). The van der Waals surface area contributed by atoms with Crippen molar-refractivity contribution in [3.8, 4) is 0 Å². The Kier molecular flexibility index (Phi) is 8.54. The van der Waals surface area contributed by atoms with Crippen LogP contribution in [0.4, 0.5) is 5.82 Å².